The Kier molecular flexibility index (Phi) is 8.45. The molecule has 0 atom stereocenters. The molecule has 0 spiro atoms. The molecule has 3 aromatic carbocycles. The van der Waals surface area contributed by atoms with Crippen molar-refractivity contribution in [2.24, 2.45) is 5.73 Å². The van der Waals surface area contributed by atoms with Gasteiger partial charge in [-0.3, -0.25) is 4.57 Å². The summed E-state index contributed by atoms with van der Waals surface area (Å²) in [5.41, 5.74) is 10.5. The Morgan fingerprint density at radius 1 is 0.974 bits per heavy atom. The predicted molar refractivity (Wildman–Crippen MR) is 146 cm³/mol. The number of benzene rings is 3. The molecule has 12 heteroatoms. The number of fused-ring (bicyclic) bond motifs is 1. The number of nitrogens with two attached hydrogens (primary N) is 1. The molecule has 4 rings (SSSR count). The Bertz CT molecular complexity index is 1620. The maximum atomic E-state index is 12.4. The van der Waals surface area contributed by atoms with E-state index in [0.29, 0.717) is 24.9 Å². The van der Waals surface area contributed by atoms with Gasteiger partial charge in [-0.2, -0.15) is 0 Å². The molecule has 2 amide bonds. The van der Waals surface area contributed by atoms with Gasteiger partial charge < -0.3 is 11.1 Å². The van der Waals surface area contributed by atoms with Crippen molar-refractivity contribution < 1.29 is 21.6 Å². The van der Waals surface area contributed by atoms with Crippen LogP contribution in [0.1, 0.15) is 29.4 Å². The number of hydrogen-bond acceptors (Lipinski definition) is 7. The van der Waals surface area contributed by atoms with Crippen LogP contribution in [0.4, 0.5) is 4.79 Å². The molecule has 0 saturated carbocycles. The van der Waals surface area contributed by atoms with Gasteiger partial charge in [-0.1, -0.05) is 37.3 Å². The summed E-state index contributed by atoms with van der Waals surface area (Å²) in [5.74, 6) is 0.836. The molecule has 4 N–H and O–H groups in total. The van der Waals surface area contributed by atoms with Gasteiger partial charge in [-0.05, 0) is 59.5 Å². The van der Waals surface area contributed by atoms with Crippen LogP contribution in [0.25, 0.3) is 16.7 Å². The Hall–Kier alpha value is -3.74. The minimum absolute atomic E-state index is 0.0176. The number of nitrogens with zero attached hydrogens (tertiary/aromatic N) is 2. The second-order valence-corrected chi connectivity index (χ2v) is 11.3. The van der Waals surface area contributed by atoms with E-state index < -0.39 is 26.8 Å². The molecule has 4 aromatic rings. The number of aromatic nitrogens is 2. The van der Waals surface area contributed by atoms with Crippen molar-refractivity contribution in [3.05, 3.63) is 89.2 Å². The number of hydrogen-bond donors (Lipinski definition) is 4. The molecule has 0 aliphatic heterocycles. The molecule has 0 bridgehead atoms. The van der Waals surface area contributed by atoms with Crippen LogP contribution in [-0.4, -0.2) is 39.0 Å². The standard InChI is InChI=1S/C26H29N5O5S2/c1-2-25-29-23-15-20(17-37(33)34)7-12-24(23)31(25)21-8-3-18(4-9-21)13-14-28-26(32)30-38(35,36)22-10-5-19(16-27)6-11-22/h3-12,15,37H,2,13-14,16-17,27H2,1H3,(H2,28,30,32). The lowest BCUT2D eigenvalue weighted by molar-refractivity contribution is 0.246. The van der Waals surface area contributed by atoms with Crippen molar-refractivity contribution in [1.82, 2.24) is 19.6 Å². The zero-order valence-electron chi connectivity index (χ0n) is 20.8. The number of thiol groups is 1. The highest BCUT2D eigenvalue weighted by Crippen LogP contribution is 2.24. The highest BCUT2D eigenvalue weighted by molar-refractivity contribution is 7.90. The van der Waals surface area contributed by atoms with Crippen LogP contribution in [-0.2, 0) is 45.9 Å². The minimum Gasteiger partial charge on any atom is -0.337 e. The number of imidazole rings is 1. The Morgan fingerprint density at radius 3 is 2.26 bits per heavy atom. The first-order chi connectivity index (χ1) is 18.2. The van der Waals surface area contributed by atoms with E-state index in [4.69, 9.17) is 5.73 Å². The van der Waals surface area contributed by atoms with Gasteiger partial charge in [0, 0.05) is 25.2 Å². The summed E-state index contributed by atoms with van der Waals surface area (Å²) in [6, 6.07) is 18.5. The van der Waals surface area contributed by atoms with Crippen LogP contribution < -0.4 is 15.8 Å². The van der Waals surface area contributed by atoms with Crippen molar-refractivity contribution in [3.63, 3.8) is 0 Å². The number of sulfonamides is 1. The lowest BCUT2D eigenvalue weighted by Gasteiger charge is -2.11. The lowest BCUT2D eigenvalue weighted by Crippen LogP contribution is -2.40. The summed E-state index contributed by atoms with van der Waals surface area (Å²) in [5, 5.41) is 2.58. The fraction of sp³-hybridized carbons (Fsp3) is 0.231. The van der Waals surface area contributed by atoms with E-state index in [0.717, 1.165) is 33.7 Å². The molecule has 0 unspecified atom stereocenters. The molecule has 0 saturated heterocycles. The molecule has 200 valence electrons. The predicted octanol–water partition coefficient (Wildman–Crippen LogP) is 2.39. The average molecular weight is 556 g/mol. The highest BCUT2D eigenvalue weighted by atomic mass is 32.2. The number of aryl methyl sites for hydroxylation is 1. The topological polar surface area (TPSA) is 153 Å². The van der Waals surface area contributed by atoms with Crippen LogP contribution in [0.3, 0.4) is 0 Å². The summed E-state index contributed by atoms with van der Waals surface area (Å²) in [4.78, 5) is 16.8. The van der Waals surface area contributed by atoms with E-state index in [1.165, 1.54) is 12.1 Å². The molecule has 38 heavy (non-hydrogen) atoms. The number of urea groups is 1. The van der Waals surface area contributed by atoms with E-state index >= 15 is 0 Å². The molecule has 0 aliphatic carbocycles. The summed E-state index contributed by atoms with van der Waals surface area (Å²) in [6.07, 6.45) is 1.20. The Labute approximate surface area is 222 Å². The van der Waals surface area contributed by atoms with Crippen molar-refractivity contribution >= 4 is 37.8 Å². The molecule has 0 radical (unpaired) electrons. The molecule has 0 fully saturated rings. The summed E-state index contributed by atoms with van der Waals surface area (Å²) < 4.78 is 51.0. The maximum Gasteiger partial charge on any atom is 0.328 e. The fourth-order valence-electron chi connectivity index (χ4n) is 4.10. The van der Waals surface area contributed by atoms with E-state index in [1.54, 1.807) is 24.3 Å². The third-order valence-corrected chi connectivity index (χ3v) is 7.98. The van der Waals surface area contributed by atoms with Gasteiger partial charge in [0.05, 0.1) is 21.7 Å². The van der Waals surface area contributed by atoms with E-state index in [9.17, 15) is 21.6 Å². The van der Waals surface area contributed by atoms with Gasteiger partial charge in [-0.25, -0.2) is 31.3 Å². The number of nitrogens with one attached hydrogen (secondary N) is 2. The third kappa shape index (κ3) is 6.39. The molecule has 1 aromatic heterocycles. The van der Waals surface area contributed by atoms with Gasteiger partial charge in [0.1, 0.15) is 16.5 Å². The molecule has 0 aliphatic rings. The van der Waals surface area contributed by atoms with Gasteiger partial charge in [0.2, 0.25) is 0 Å². The Morgan fingerprint density at radius 2 is 1.63 bits per heavy atom. The van der Waals surface area contributed by atoms with Crippen LogP contribution >= 0.6 is 0 Å². The molecular formula is C26H29N5O5S2. The van der Waals surface area contributed by atoms with Crippen molar-refractivity contribution in [2.75, 3.05) is 6.54 Å². The summed E-state index contributed by atoms with van der Waals surface area (Å²) in [6.45, 7) is 2.54. The van der Waals surface area contributed by atoms with Gasteiger partial charge in [0.15, 0.2) is 0 Å². The van der Waals surface area contributed by atoms with Crippen LogP contribution in [0, 0.1) is 0 Å². The van der Waals surface area contributed by atoms with Crippen LogP contribution in [0.5, 0.6) is 0 Å². The third-order valence-electron chi connectivity index (χ3n) is 6.01. The first kappa shape index (κ1) is 27.3. The van der Waals surface area contributed by atoms with Gasteiger partial charge >= 0.3 is 6.03 Å². The zero-order chi connectivity index (χ0) is 27.3. The number of rotatable bonds is 10. The molecule has 10 nitrogen and oxygen atoms in total. The number of carbonyl (C=O) groups excluding carboxylic acids is 1. The number of carbonyl (C=O) groups is 1. The van der Waals surface area contributed by atoms with Crippen LogP contribution in [0.2, 0.25) is 0 Å². The van der Waals surface area contributed by atoms with Crippen molar-refractivity contribution in [3.8, 4) is 5.69 Å². The van der Waals surface area contributed by atoms with Crippen LogP contribution in [0.15, 0.2) is 71.6 Å². The summed E-state index contributed by atoms with van der Waals surface area (Å²) >= 11 is 0. The monoisotopic (exact) mass is 555 g/mol. The first-order valence-electron chi connectivity index (χ1n) is 12.0. The molecule has 1 heterocycles. The van der Waals surface area contributed by atoms with E-state index in [-0.39, 0.29) is 17.2 Å². The first-order valence-corrected chi connectivity index (χ1v) is 14.9. The minimum atomic E-state index is -3.99. The van der Waals surface area contributed by atoms with E-state index in [1.807, 2.05) is 46.5 Å². The van der Waals surface area contributed by atoms with Gasteiger partial charge in [-0.15, -0.1) is 0 Å². The quantitative estimate of drug-likeness (QED) is 0.219. The fourth-order valence-corrected chi connectivity index (χ4v) is 5.53. The van der Waals surface area contributed by atoms with Crippen molar-refractivity contribution in [1.29, 1.82) is 0 Å². The van der Waals surface area contributed by atoms with Crippen molar-refractivity contribution in [2.45, 2.75) is 37.0 Å². The number of amides is 2. The second kappa shape index (κ2) is 11.8. The molecular weight excluding hydrogens is 526 g/mol. The van der Waals surface area contributed by atoms with Gasteiger partial charge in [0.25, 0.3) is 10.0 Å². The normalized spacial score (nSPS) is 11.7. The Balaban J connectivity index is 1.39. The van der Waals surface area contributed by atoms with E-state index in [2.05, 4.69) is 10.3 Å². The SMILES string of the molecule is CCc1nc2cc(C[SH](=O)=O)ccc2n1-c1ccc(CCNC(=O)NS(=O)(=O)c2ccc(CN)cc2)cc1. The largest absolute Gasteiger partial charge is 0.337 e. The summed E-state index contributed by atoms with van der Waals surface area (Å²) in [7, 11) is -6.50. The second-order valence-electron chi connectivity index (χ2n) is 8.66. The lowest BCUT2D eigenvalue weighted by atomic mass is 10.1. The smallest absolute Gasteiger partial charge is 0.328 e. The maximum absolute atomic E-state index is 12.4. The average Bonchev–Trinajstić information content (AvgIpc) is 3.26. The zero-order valence-corrected chi connectivity index (χ0v) is 22.5. The highest BCUT2D eigenvalue weighted by Gasteiger charge is 2.17.